The van der Waals surface area contributed by atoms with E-state index in [1.165, 1.54) is 12.1 Å². The highest BCUT2D eigenvalue weighted by molar-refractivity contribution is 5.47. The largest absolute Gasteiger partial charge is 0.337 e. The van der Waals surface area contributed by atoms with Crippen molar-refractivity contribution in [3.63, 3.8) is 0 Å². The van der Waals surface area contributed by atoms with Crippen LogP contribution in [0.4, 0.5) is 4.39 Å². The van der Waals surface area contributed by atoms with Crippen LogP contribution in [-0.2, 0) is 6.54 Å². The Labute approximate surface area is 98.1 Å². The number of nitrogens with one attached hydrogen (secondary N) is 1. The lowest BCUT2D eigenvalue weighted by atomic mass is 10.3. The molecule has 0 fully saturated rings. The highest BCUT2D eigenvalue weighted by atomic mass is 19.1. The van der Waals surface area contributed by atoms with E-state index in [9.17, 15) is 4.39 Å². The smallest absolute Gasteiger partial charge is 0.240 e. The van der Waals surface area contributed by atoms with Crippen LogP contribution in [0.25, 0.3) is 11.5 Å². The molecule has 0 aliphatic rings. The number of pyridine rings is 1. The molecular weight excluding hydrogens is 223 g/mol. The minimum absolute atomic E-state index is 0.342. The quantitative estimate of drug-likeness (QED) is 0.876. The molecule has 2 aromatic rings. The van der Waals surface area contributed by atoms with Gasteiger partial charge in [0.15, 0.2) is 0 Å². The summed E-state index contributed by atoms with van der Waals surface area (Å²) in [4.78, 5) is 8.03. The summed E-state index contributed by atoms with van der Waals surface area (Å²) in [7, 11) is 0. The van der Waals surface area contributed by atoms with Crippen molar-refractivity contribution >= 4 is 0 Å². The summed E-state index contributed by atoms with van der Waals surface area (Å²) < 4.78 is 17.7. The van der Waals surface area contributed by atoms with Gasteiger partial charge in [-0.1, -0.05) is 19.0 Å². The number of aromatic nitrogens is 3. The van der Waals surface area contributed by atoms with E-state index in [1.54, 1.807) is 0 Å². The van der Waals surface area contributed by atoms with Crippen LogP contribution in [-0.4, -0.2) is 21.2 Å². The maximum Gasteiger partial charge on any atom is 0.240 e. The van der Waals surface area contributed by atoms with Crippen LogP contribution in [0, 0.1) is 5.82 Å². The van der Waals surface area contributed by atoms with E-state index in [4.69, 9.17) is 4.52 Å². The molecule has 0 unspecified atom stereocenters. The fourth-order valence-corrected chi connectivity index (χ4v) is 1.23. The van der Waals surface area contributed by atoms with Gasteiger partial charge in [-0.15, -0.1) is 0 Å². The summed E-state index contributed by atoms with van der Waals surface area (Å²) >= 11 is 0. The van der Waals surface area contributed by atoms with Gasteiger partial charge in [0, 0.05) is 6.04 Å². The van der Waals surface area contributed by atoms with E-state index in [0.29, 0.717) is 30.0 Å². The maximum atomic E-state index is 12.7. The molecule has 0 saturated heterocycles. The summed E-state index contributed by atoms with van der Waals surface area (Å²) in [5, 5.41) is 6.94. The highest BCUT2D eigenvalue weighted by Crippen LogP contribution is 2.12. The summed E-state index contributed by atoms with van der Waals surface area (Å²) in [6.07, 6.45) is 1.12. The molecule has 2 aromatic heterocycles. The molecule has 0 amide bonds. The van der Waals surface area contributed by atoms with E-state index in [-0.39, 0.29) is 5.82 Å². The van der Waals surface area contributed by atoms with Gasteiger partial charge in [0.05, 0.1) is 12.7 Å². The minimum atomic E-state index is -0.390. The van der Waals surface area contributed by atoms with Crippen LogP contribution < -0.4 is 5.32 Å². The number of hydrogen-bond donors (Lipinski definition) is 1. The molecule has 0 atom stereocenters. The average Bonchev–Trinajstić information content (AvgIpc) is 2.76. The molecule has 90 valence electrons. The van der Waals surface area contributed by atoms with Gasteiger partial charge in [-0.2, -0.15) is 4.98 Å². The molecule has 1 N–H and O–H groups in total. The third-order valence-electron chi connectivity index (χ3n) is 2.09. The lowest BCUT2D eigenvalue weighted by molar-refractivity contribution is 0.362. The van der Waals surface area contributed by atoms with Crippen LogP contribution in [0.1, 0.15) is 19.7 Å². The topological polar surface area (TPSA) is 63.8 Å². The molecule has 17 heavy (non-hydrogen) atoms. The van der Waals surface area contributed by atoms with Crippen LogP contribution in [0.5, 0.6) is 0 Å². The monoisotopic (exact) mass is 236 g/mol. The first-order valence-electron chi connectivity index (χ1n) is 5.33. The van der Waals surface area contributed by atoms with Crippen LogP contribution in [0.3, 0.4) is 0 Å². The maximum absolute atomic E-state index is 12.7. The zero-order valence-corrected chi connectivity index (χ0v) is 9.64. The fraction of sp³-hybridized carbons (Fsp3) is 0.364. The van der Waals surface area contributed by atoms with Crippen molar-refractivity contribution in [1.29, 1.82) is 0 Å². The Morgan fingerprint density at radius 3 is 2.88 bits per heavy atom. The first-order valence-corrected chi connectivity index (χ1v) is 5.33. The van der Waals surface area contributed by atoms with Gasteiger partial charge < -0.3 is 9.84 Å². The van der Waals surface area contributed by atoms with E-state index in [0.717, 1.165) is 6.20 Å². The van der Waals surface area contributed by atoms with Gasteiger partial charge in [-0.05, 0) is 12.1 Å². The zero-order chi connectivity index (χ0) is 12.3. The summed E-state index contributed by atoms with van der Waals surface area (Å²) in [5.74, 6) is 0.462. The highest BCUT2D eigenvalue weighted by Gasteiger charge is 2.09. The molecule has 6 heteroatoms. The number of hydrogen-bond acceptors (Lipinski definition) is 5. The van der Waals surface area contributed by atoms with Crippen molar-refractivity contribution in [3.8, 4) is 11.5 Å². The van der Waals surface area contributed by atoms with Gasteiger partial charge in [0.2, 0.25) is 11.7 Å². The molecule has 0 aliphatic heterocycles. The van der Waals surface area contributed by atoms with E-state index in [1.807, 2.05) is 13.8 Å². The molecule has 0 radical (unpaired) electrons. The first-order chi connectivity index (χ1) is 8.15. The zero-order valence-electron chi connectivity index (χ0n) is 9.64. The van der Waals surface area contributed by atoms with E-state index < -0.39 is 0 Å². The van der Waals surface area contributed by atoms with Crippen molar-refractivity contribution < 1.29 is 8.91 Å². The predicted molar refractivity (Wildman–Crippen MR) is 59.5 cm³/mol. The van der Waals surface area contributed by atoms with Gasteiger partial charge >= 0.3 is 0 Å². The molecule has 0 aliphatic carbocycles. The van der Waals surface area contributed by atoms with Crippen LogP contribution in [0.2, 0.25) is 0 Å². The molecule has 0 spiro atoms. The second-order valence-electron chi connectivity index (χ2n) is 3.91. The van der Waals surface area contributed by atoms with Crippen molar-refractivity contribution in [2.75, 3.05) is 0 Å². The normalized spacial score (nSPS) is 11.1. The standard InChI is InChI=1S/C11H13FN4O/c1-7(2)13-6-10-15-11(16-17-10)9-4-3-8(12)5-14-9/h3-5,7,13H,6H2,1-2H3. The molecule has 0 saturated carbocycles. The van der Waals surface area contributed by atoms with Gasteiger partial charge in [-0.3, -0.25) is 0 Å². The Bertz CT molecular complexity index is 480. The first kappa shape index (κ1) is 11.7. The van der Waals surface area contributed by atoms with Crippen molar-refractivity contribution in [2.45, 2.75) is 26.4 Å². The summed E-state index contributed by atoms with van der Waals surface area (Å²) in [5.41, 5.74) is 0.492. The van der Waals surface area contributed by atoms with Gasteiger partial charge in [0.25, 0.3) is 0 Å². The molecule has 2 rings (SSSR count). The molecule has 0 aromatic carbocycles. The second-order valence-corrected chi connectivity index (χ2v) is 3.91. The molecule has 0 bridgehead atoms. The van der Waals surface area contributed by atoms with Gasteiger partial charge in [0.1, 0.15) is 11.5 Å². The average molecular weight is 236 g/mol. The Hall–Kier alpha value is -1.82. The Morgan fingerprint density at radius 1 is 1.41 bits per heavy atom. The Balaban J connectivity index is 2.10. The lowest BCUT2D eigenvalue weighted by Gasteiger charge is -2.02. The number of halogens is 1. The number of nitrogens with zero attached hydrogens (tertiary/aromatic N) is 3. The molecular formula is C11H13FN4O. The van der Waals surface area contributed by atoms with E-state index >= 15 is 0 Å². The van der Waals surface area contributed by atoms with Crippen molar-refractivity contribution in [1.82, 2.24) is 20.4 Å². The Kier molecular flexibility index (Phi) is 3.43. The van der Waals surface area contributed by atoms with Crippen molar-refractivity contribution in [2.24, 2.45) is 0 Å². The second kappa shape index (κ2) is 5.01. The predicted octanol–water partition coefficient (Wildman–Crippen LogP) is 1.77. The summed E-state index contributed by atoms with van der Waals surface area (Å²) in [6, 6.07) is 3.17. The Morgan fingerprint density at radius 2 is 2.24 bits per heavy atom. The van der Waals surface area contributed by atoms with Crippen molar-refractivity contribution in [3.05, 3.63) is 30.0 Å². The molecule has 5 nitrogen and oxygen atoms in total. The SMILES string of the molecule is CC(C)NCc1nc(-c2ccc(F)cn2)no1. The van der Waals surface area contributed by atoms with Gasteiger partial charge in [-0.25, -0.2) is 9.37 Å². The number of rotatable bonds is 4. The molecule has 2 heterocycles. The van der Waals surface area contributed by atoms with E-state index in [2.05, 4.69) is 20.4 Å². The minimum Gasteiger partial charge on any atom is -0.337 e. The third-order valence-corrected chi connectivity index (χ3v) is 2.09. The van der Waals surface area contributed by atoms with Crippen LogP contribution in [0.15, 0.2) is 22.9 Å². The third kappa shape index (κ3) is 3.07. The van der Waals surface area contributed by atoms with Crippen LogP contribution >= 0.6 is 0 Å². The fourth-order valence-electron chi connectivity index (χ4n) is 1.23. The lowest BCUT2D eigenvalue weighted by Crippen LogP contribution is -2.21. The summed E-state index contributed by atoms with van der Waals surface area (Å²) in [6.45, 7) is 4.56.